The highest BCUT2D eigenvalue weighted by Crippen LogP contribution is 2.37. The van der Waals surface area contributed by atoms with E-state index in [1.807, 2.05) is 10.9 Å². The van der Waals surface area contributed by atoms with Crippen LogP contribution in [-0.2, 0) is 11.1 Å². The molecule has 0 unspecified atom stereocenters. The Morgan fingerprint density at radius 2 is 2.11 bits per heavy atom. The molecule has 0 bridgehead atoms. The topological polar surface area (TPSA) is 82.8 Å². The van der Waals surface area contributed by atoms with Gasteiger partial charge in [-0.05, 0) is 40.0 Å². The Labute approximate surface area is 112 Å². The molecule has 2 aromatic rings. The van der Waals surface area contributed by atoms with Crippen LogP contribution in [0.2, 0.25) is 0 Å². The maximum absolute atomic E-state index is 6.18. The normalized spacial score (nSPS) is 18.3. The molecule has 2 heterocycles. The molecule has 3 rings (SSSR count). The van der Waals surface area contributed by atoms with E-state index in [1.54, 1.807) is 6.20 Å². The van der Waals surface area contributed by atoms with Gasteiger partial charge in [-0.2, -0.15) is 10.1 Å². The summed E-state index contributed by atoms with van der Waals surface area (Å²) in [6.07, 6.45) is 6.64. The Hall–Kier alpha value is -1.69. The highest BCUT2D eigenvalue weighted by Gasteiger charge is 2.39. The monoisotopic (exact) mass is 261 g/mol. The summed E-state index contributed by atoms with van der Waals surface area (Å²) in [6, 6.07) is 0. The quantitative estimate of drug-likeness (QED) is 0.894. The van der Waals surface area contributed by atoms with Crippen molar-refractivity contribution in [1.82, 2.24) is 19.9 Å². The SMILES string of the molecule is CC(C)(C)n1cc(-c2nc(C3(N)CCC3)no2)cn1. The summed E-state index contributed by atoms with van der Waals surface area (Å²) in [4.78, 5) is 4.41. The molecule has 1 aliphatic carbocycles. The summed E-state index contributed by atoms with van der Waals surface area (Å²) in [5.41, 5.74) is 6.56. The number of nitrogens with zero attached hydrogens (tertiary/aromatic N) is 4. The van der Waals surface area contributed by atoms with Crippen LogP contribution in [0.5, 0.6) is 0 Å². The Bertz CT molecular complexity index is 588. The van der Waals surface area contributed by atoms with E-state index in [-0.39, 0.29) is 11.1 Å². The lowest BCUT2D eigenvalue weighted by Crippen LogP contribution is -2.44. The minimum atomic E-state index is -0.387. The molecule has 0 atom stereocenters. The average Bonchev–Trinajstić information content (AvgIpc) is 2.93. The third kappa shape index (κ3) is 2.06. The first-order valence-corrected chi connectivity index (χ1v) is 6.57. The van der Waals surface area contributed by atoms with Gasteiger partial charge in [0, 0.05) is 6.20 Å². The fraction of sp³-hybridized carbons (Fsp3) is 0.615. The van der Waals surface area contributed by atoms with Crippen molar-refractivity contribution in [3.8, 4) is 11.5 Å². The number of aromatic nitrogens is 4. The van der Waals surface area contributed by atoms with Gasteiger partial charge in [-0.15, -0.1) is 0 Å². The number of nitrogens with two attached hydrogens (primary N) is 1. The summed E-state index contributed by atoms with van der Waals surface area (Å²) in [7, 11) is 0. The second-order valence-electron chi connectivity index (χ2n) is 6.28. The molecule has 1 fully saturated rings. The minimum absolute atomic E-state index is 0.0653. The smallest absolute Gasteiger partial charge is 0.261 e. The molecule has 2 aromatic heterocycles. The molecule has 6 heteroatoms. The molecule has 0 radical (unpaired) electrons. The van der Waals surface area contributed by atoms with Crippen LogP contribution in [0.4, 0.5) is 0 Å². The molecule has 0 aromatic carbocycles. The summed E-state index contributed by atoms with van der Waals surface area (Å²) >= 11 is 0. The van der Waals surface area contributed by atoms with Crippen LogP contribution >= 0.6 is 0 Å². The zero-order chi connectivity index (χ0) is 13.7. The minimum Gasteiger partial charge on any atom is -0.334 e. The van der Waals surface area contributed by atoms with E-state index < -0.39 is 0 Å². The van der Waals surface area contributed by atoms with Gasteiger partial charge < -0.3 is 10.3 Å². The fourth-order valence-electron chi connectivity index (χ4n) is 2.12. The molecule has 0 aliphatic heterocycles. The Balaban J connectivity index is 1.89. The van der Waals surface area contributed by atoms with E-state index in [9.17, 15) is 0 Å². The lowest BCUT2D eigenvalue weighted by molar-refractivity contribution is 0.229. The van der Waals surface area contributed by atoms with Crippen molar-refractivity contribution >= 4 is 0 Å². The van der Waals surface area contributed by atoms with Crippen molar-refractivity contribution in [2.45, 2.75) is 51.1 Å². The lowest BCUT2D eigenvalue weighted by atomic mass is 9.77. The molecule has 0 amide bonds. The van der Waals surface area contributed by atoms with Crippen LogP contribution in [0.15, 0.2) is 16.9 Å². The van der Waals surface area contributed by atoms with Crippen molar-refractivity contribution in [2.24, 2.45) is 5.73 Å². The molecule has 19 heavy (non-hydrogen) atoms. The predicted molar refractivity (Wildman–Crippen MR) is 70.2 cm³/mol. The number of hydrogen-bond donors (Lipinski definition) is 1. The molecular formula is C13H19N5O. The van der Waals surface area contributed by atoms with Gasteiger partial charge in [0.2, 0.25) is 0 Å². The van der Waals surface area contributed by atoms with Crippen molar-refractivity contribution in [3.05, 3.63) is 18.2 Å². The van der Waals surface area contributed by atoms with Gasteiger partial charge in [0.1, 0.15) is 0 Å². The van der Waals surface area contributed by atoms with Crippen molar-refractivity contribution in [2.75, 3.05) is 0 Å². The van der Waals surface area contributed by atoms with Gasteiger partial charge in [-0.3, -0.25) is 4.68 Å². The molecule has 1 aliphatic rings. The third-order valence-corrected chi connectivity index (χ3v) is 3.63. The van der Waals surface area contributed by atoms with E-state index in [4.69, 9.17) is 10.3 Å². The summed E-state index contributed by atoms with van der Waals surface area (Å²) in [5, 5.41) is 8.34. The highest BCUT2D eigenvalue weighted by atomic mass is 16.5. The van der Waals surface area contributed by atoms with Gasteiger partial charge in [-0.25, -0.2) is 0 Å². The lowest BCUT2D eigenvalue weighted by Gasteiger charge is -2.34. The maximum Gasteiger partial charge on any atom is 0.261 e. The molecule has 0 spiro atoms. The van der Waals surface area contributed by atoms with Crippen LogP contribution in [0.1, 0.15) is 45.9 Å². The zero-order valence-corrected chi connectivity index (χ0v) is 11.6. The van der Waals surface area contributed by atoms with Gasteiger partial charge in [0.05, 0.1) is 22.8 Å². The second-order valence-corrected chi connectivity index (χ2v) is 6.28. The van der Waals surface area contributed by atoms with E-state index in [1.165, 1.54) is 0 Å². The molecule has 102 valence electrons. The van der Waals surface area contributed by atoms with Crippen LogP contribution < -0.4 is 5.73 Å². The van der Waals surface area contributed by atoms with E-state index in [0.29, 0.717) is 11.7 Å². The Morgan fingerprint density at radius 3 is 2.63 bits per heavy atom. The van der Waals surface area contributed by atoms with Gasteiger partial charge in [0.15, 0.2) is 5.82 Å². The second kappa shape index (κ2) is 3.90. The first-order valence-electron chi connectivity index (χ1n) is 6.57. The largest absolute Gasteiger partial charge is 0.334 e. The van der Waals surface area contributed by atoms with Crippen LogP contribution in [-0.4, -0.2) is 19.9 Å². The first kappa shape index (κ1) is 12.3. The maximum atomic E-state index is 6.18. The molecule has 6 nitrogen and oxygen atoms in total. The molecule has 1 saturated carbocycles. The van der Waals surface area contributed by atoms with Crippen LogP contribution in [0.3, 0.4) is 0 Å². The number of hydrogen-bond acceptors (Lipinski definition) is 5. The van der Waals surface area contributed by atoms with E-state index in [2.05, 4.69) is 36.0 Å². The Kier molecular flexibility index (Phi) is 2.53. The zero-order valence-electron chi connectivity index (χ0n) is 11.6. The molecular weight excluding hydrogens is 242 g/mol. The Morgan fingerprint density at radius 1 is 1.37 bits per heavy atom. The van der Waals surface area contributed by atoms with Crippen molar-refractivity contribution < 1.29 is 4.52 Å². The van der Waals surface area contributed by atoms with Crippen molar-refractivity contribution in [3.63, 3.8) is 0 Å². The van der Waals surface area contributed by atoms with Crippen molar-refractivity contribution in [1.29, 1.82) is 0 Å². The van der Waals surface area contributed by atoms with Gasteiger partial charge in [-0.1, -0.05) is 5.16 Å². The summed E-state index contributed by atoms with van der Waals surface area (Å²) < 4.78 is 7.19. The highest BCUT2D eigenvalue weighted by molar-refractivity contribution is 5.49. The third-order valence-electron chi connectivity index (χ3n) is 3.63. The molecule has 0 saturated heterocycles. The molecule has 2 N–H and O–H groups in total. The average molecular weight is 261 g/mol. The van der Waals surface area contributed by atoms with Crippen LogP contribution in [0.25, 0.3) is 11.5 Å². The van der Waals surface area contributed by atoms with Gasteiger partial charge >= 0.3 is 0 Å². The predicted octanol–water partition coefficient (Wildman–Crippen LogP) is 2.03. The van der Waals surface area contributed by atoms with E-state index >= 15 is 0 Å². The van der Waals surface area contributed by atoms with Gasteiger partial charge in [0.25, 0.3) is 5.89 Å². The first-order chi connectivity index (χ1) is 8.88. The standard InChI is InChI=1S/C13H19N5O/c1-12(2,3)18-8-9(7-15-18)10-16-11(17-19-10)13(14)5-4-6-13/h7-8H,4-6,14H2,1-3H3. The summed E-state index contributed by atoms with van der Waals surface area (Å²) in [6.45, 7) is 6.27. The van der Waals surface area contributed by atoms with Crippen LogP contribution in [0, 0.1) is 0 Å². The number of rotatable bonds is 2. The summed E-state index contributed by atoms with van der Waals surface area (Å²) in [5.74, 6) is 1.10. The van der Waals surface area contributed by atoms with E-state index in [0.717, 1.165) is 24.8 Å². The fourth-order valence-corrected chi connectivity index (χ4v) is 2.12.